The summed E-state index contributed by atoms with van der Waals surface area (Å²) < 4.78 is 25.1. The molecule has 1 saturated heterocycles. The summed E-state index contributed by atoms with van der Waals surface area (Å²) >= 11 is 0. The quantitative estimate of drug-likeness (QED) is 0.659. The van der Waals surface area contributed by atoms with E-state index < -0.39 is 9.84 Å². The summed E-state index contributed by atoms with van der Waals surface area (Å²) in [7, 11) is -2.97. The van der Waals surface area contributed by atoms with E-state index in [2.05, 4.69) is 0 Å². The van der Waals surface area contributed by atoms with Gasteiger partial charge in [0.15, 0.2) is 9.84 Å². The van der Waals surface area contributed by atoms with Gasteiger partial charge in [-0.1, -0.05) is 0 Å². The zero-order chi connectivity index (χ0) is 12.2. The van der Waals surface area contributed by atoms with Crippen molar-refractivity contribution in [3.63, 3.8) is 0 Å². The first-order valence-corrected chi connectivity index (χ1v) is 8.35. The standard InChI is InChI=1S/C12H22N2O2S/c13-7-1-3-9-10-4-2-8(14)6-12(10)17(15,16)11(9)5-7/h7-12H,1-6,13-14H2. The van der Waals surface area contributed by atoms with Crippen LogP contribution in [0.1, 0.15) is 38.5 Å². The van der Waals surface area contributed by atoms with Crippen molar-refractivity contribution >= 4 is 9.84 Å². The fourth-order valence-electron chi connectivity index (χ4n) is 4.33. The van der Waals surface area contributed by atoms with Crippen molar-refractivity contribution < 1.29 is 8.42 Å². The normalized spacial score (nSPS) is 52.8. The van der Waals surface area contributed by atoms with Crippen LogP contribution in [0.3, 0.4) is 0 Å². The van der Waals surface area contributed by atoms with Gasteiger partial charge in [-0.2, -0.15) is 0 Å². The number of sulfone groups is 1. The van der Waals surface area contributed by atoms with Crippen LogP contribution < -0.4 is 11.5 Å². The SMILES string of the molecule is NC1CCC2C3CCC(N)CC3S(=O)(=O)C2C1. The van der Waals surface area contributed by atoms with Gasteiger partial charge in [-0.25, -0.2) is 8.42 Å². The van der Waals surface area contributed by atoms with Crippen molar-refractivity contribution in [2.45, 2.75) is 61.1 Å². The summed E-state index contributed by atoms with van der Waals surface area (Å²) in [6, 6.07) is 0.166. The molecule has 98 valence electrons. The lowest BCUT2D eigenvalue weighted by Crippen LogP contribution is -2.38. The van der Waals surface area contributed by atoms with Gasteiger partial charge in [0.1, 0.15) is 0 Å². The molecule has 3 aliphatic rings. The molecule has 4 N–H and O–H groups in total. The van der Waals surface area contributed by atoms with Crippen molar-refractivity contribution in [2.24, 2.45) is 23.3 Å². The van der Waals surface area contributed by atoms with E-state index in [0.717, 1.165) is 25.7 Å². The van der Waals surface area contributed by atoms with E-state index in [1.165, 1.54) is 0 Å². The Hall–Kier alpha value is -0.130. The van der Waals surface area contributed by atoms with Crippen molar-refractivity contribution in [1.82, 2.24) is 0 Å². The average Bonchev–Trinajstić information content (AvgIpc) is 2.49. The van der Waals surface area contributed by atoms with Gasteiger partial charge in [-0.3, -0.25) is 0 Å². The molecular formula is C12H22N2O2S. The molecule has 5 heteroatoms. The van der Waals surface area contributed by atoms with Gasteiger partial charge in [0.05, 0.1) is 10.5 Å². The van der Waals surface area contributed by atoms with E-state index in [1.54, 1.807) is 0 Å². The fraction of sp³-hybridized carbons (Fsp3) is 1.00. The molecule has 0 amide bonds. The summed E-state index contributed by atoms with van der Waals surface area (Å²) in [6.45, 7) is 0. The zero-order valence-corrected chi connectivity index (χ0v) is 10.9. The Morgan fingerprint density at radius 1 is 0.765 bits per heavy atom. The summed E-state index contributed by atoms with van der Waals surface area (Å²) in [6.07, 6.45) is 5.34. The molecule has 2 saturated carbocycles. The number of hydrogen-bond donors (Lipinski definition) is 2. The number of rotatable bonds is 0. The first-order chi connectivity index (χ1) is 8.00. The van der Waals surface area contributed by atoms with Gasteiger partial charge in [-0.15, -0.1) is 0 Å². The molecule has 6 unspecified atom stereocenters. The van der Waals surface area contributed by atoms with E-state index >= 15 is 0 Å². The molecule has 2 aliphatic carbocycles. The van der Waals surface area contributed by atoms with Gasteiger partial charge in [0.25, 0.3) is 0 Å². The van der Waals surface area contributed by atoms with Crippen molar-refractivity contribution in [3.05, 3.63) is 0 Å². The second-order valence-corrected chi connectivity index (χ2v) is 8.53. The third-order valence-electron chi connectivity index (χ3n) is 5.16. The second kappa shape index (κ2) is 3.93. The molecule has 0 spiro atoms. The number of fused-ring (bicyclic) bond motifs is 3. The average molecular weight is 258 g/mol. The highest BCUT2D eigenvalue weighted by Gasteiger charge is 2.56. The predicted molar refractivity (Wildman–Crippen MR) is 67.1 cm³/mol. The van der Waals surface area contributed by atoms with Crippen LogP contribution >= 0.6 is 0 Å². The number of hydrogen-bond acceptors (Lipinski definition) is 4. The first-order valence-electron chi connectivity index (χ1n) is 6.74. The van der Waals surface area contributed by atoms with E-state index in [4.69, 9.17) is 11.5 Å². The van der Waals surface area contributed by atoms with Crippen LogP contribution in [0.5, 0.6) is 0 Å². The van der Waals surface area contributed by atoms with Crippen LogP contribution in [0.4, 0.5) is 0 Å². The van der Waals surface area contributed by atoms with Crippen molar-refractivity contribution in [2.75, 3.05) is 0 Å². The third kappa shape index (κ3) is 1.74. The summed E-state index contributed by atoms with van der Waals surface area (Å²) in [5.74, 6) is 0.745. The van der Waals surface area contributed by atoms with Gasteiger partial charge < -0.3 is 11.5 Å². The summed E-state index contributed by atoms with van der Waals surface area (Å²) in [5.41, 5.74) is 11.9. The highest BCUT2D eigenvalue weighted by atomic mass is 32.2. The molecule has 6 atom stereocenters. The van der Waals surface area contributed by atoms with Crippen LogP contribution in [0.15, 0.2) is 0 Å². The minimum absolute atomic E-state index is 0.0832. The van der Waals surface area contributed by atoms with Crippen LogP contribution in [0.2, 0.25) is 0 Å². The van der Waals surface area contributed by atoms with E-state index in [1.807, 2.05) is 0 Å². The molecule has 0 radical (unpaired) electrons. The smallest absolute Gasteiger partial charge is 0.156 e. The Morgan fingerprint density at radius 2 is 1.18 bits per heavy atom. The van der Waals surface area contributed by atoms with E-state index in [0.29, 0.717) is 24.7 Å². The Balaban J connectivity index is 1.93. The first kappa shape index (κ1) is 11.9. The molecular weight excluding hydrogens is 236 g/mol. The van der Waals surface area contributed by atoms with Crippen molar-refractivity contribution in [1.29, 1.82) is 0 Å². The minimum Gasteiger partial charge on any atom is -0.328 e. The molecule has 0 aromatic rings. The fourth-order valence-corrected chi connectivity index (χ4v) is 7.46. The van der Waals surface area contributed by atoms with Crippen LogP contribution in [-0.2, 0) is 9.84 Å². The van der Waals surface area contributed by atoms with Gasteiger partial charge in [0.2, 0.25) is 0 Å². The molecule has 0 aromatic carbocycles. The van der Waals surface area contributed by atoms with Crippen molar-refractivity contribution in [3.8, 4) is 0 Å². The van der Waals surface area contributed by atoms with Crippen LogP contribution in [0.25, 0.3) is 0 Å². The lowest BCUT2D eigenvalue weighted by molar-refractivity contribution is 0.212. The van der Waals surface area contributed by atoms with Gasteiger partial charge in [0, 0.05) is 12.1 Å². The molecule has 1 aliphatic heterocycles. The summed E-state index contributed by atoms with van der Waals surface area (Å²) in [5, 5.41) is -0.321. The van der Waals surface area contributed by atoms with Gasteiger partial charge >= 0.3 is 0 Å². The lowest BCUT2D eigenvalue weighted by Gasteiger charge is -2.33. The predicted octanol–water partition coefficient (Wildman–Crippen LogP) is 0.407. The molecule has 1 heterocycles. The zero-order valence-electron chi connectivity index (χ0n) is 10.1. The molecule has 4 nitrogen and oxygen atoms in total. The third-order valence-corrected chi connectivity index (χ3v) is 7.93. The maximum atomic E-state index is 12.5. The summed E-state index contributed by atoms with van der Waals surface area (Å²) in [4.78, 5) is 0. The second-order valence-electron chi connectivity index (χ2n) is 6.14. The molecule has 3 fully saturated rings. The van der Waals surface area contributed by atoms with E-state index in [9.17, 15) is 8.42 Å². The minimum atomic E-state index is -2.97. The molecule has 17 heavy (non-hydrogen) atoms. The Kier molecular flexibility index (Phi) is 2.76. The lowest BCUT2D eigenvalue weighted by atomic mass is 9.72. The molecule has 0 bridgehead atoms. The maximum Gasteiger partial charge on any atom is 0.156 e. The highest BCUT2D eigenvalue weighted by Crippen LogP contribution is 2.50. The van der Waals surface area contributed by atoms with Crippen LogP contribution in [-0.4, -0.2) is 31.0 Å². The largest absolute Gasteiger partial charge is 0.328 e. The number of nitrogens with two attached hydrogens (primary N) is 2. The van der Waals surface area contributed by atoms with Gasteiger partial charge in [-0.05, 0) is 50.4 Å². The van der Waals surface area contributed by atoms with Crippen LogP contribution in [0, 0.1) is 11.8 Å². The topological polar surface area (TPSA) is 86.2 Å². The van der Waals surface area contributed by atoms with E-state index in [-0.39, 0.29) is 22.6 Å². The maximum absolute atomic E-state index is 12.5. The molecule has 0 aromatic heterocycles. The Bertz CT molecular complexity index is 377. The Labute approximate surface area is 103 Å². The molecule has 3 rings (SSSR count). The highest BCUT2D eigenvalue weighted by molar-refractivity contribution is 7.93. The Morgan fingerprint density at radius 3 is 1.59 bits per heavy atom. The monoisotopic (exact) mass is 258 g/mol.